The zero-order chi connectivity index (χ0) is 7.40. The van der Waals surface area contributed by atoms with Crippen molar-refractivity contribution in [1.29, 1.82) is 0 Å². The molecule has 0 aliphatic heterocycles. The molecule has 0 nitrogen and oxygen atoms in total. The van der Waals surface area contributed by atoms with Crippen molar-refractivity contribution < 1.29 is 0 Å². The van der Waals surface area contributed by atoms with E-state index in [1.165, 1.54) is 11.7 Å². The van der Waals surface area contributed by atoms with Gasteiger partial charge in [0.2, 0.25) is 0 Å². The van der Waals surface area contributed by atoms with Crippen LogP contribution in [-0.2, 0) is 6.16 Å². The second-order valence-electron chi connectivity index (χ2n) is 2.63. The van der Waals surface area contributed by atoms with Crippen LogP contribution in [0, 0.1) is 6.07 Å². The Morgan fingerprint density at radius 2 is 2.20 bits per heavy atom. The van der Waals surface area contributed by atoms with Crippen molar-refractivity contribution in [1.82, 2.24) is 0 Å². The van der Waals surface area contributed by atoms with Gasteiger partial charge >= 0.3 is 0 Å². The number of benzene rings is 1. The van der Waals surface area contributed by atoms with Crippen molar-refractivity contribution in [2.75, 3.05) is 13.3 Å². The minimum Gasteiger partial charge on any atom is -0.180 e. The van der Waals surface area contributed by atoms with Crippen molar-refractivity contribution in [3.63, 3.8) is 0 Å². The SMILES string of the molecule is CP(C)Cc1[c-]cccc1. The van der Waals surface area contributed by atoms with Crippen LogP contribution < -0.4 is 0 Å². The van der Waals surface area contributed by atoms with E-state index in [9.17, 15) is 0 Å². The average Bonchev–Trinajstić information content (AvgIpc) is 1.88. The van der Waals surface area contributed by atoms with Gasteiger partial charge in [0.1, 0.15) is 0 Å². The molecule has 0 spiro atoms. The first-order valence-electron chi connectivity index (χ1n) is 3.39. The third-order valence-corrected chi connectivity index (χ3v) is 2.23. The van der Waals surface area contributed by atoms with E-state index in [1.807, 2.05) is 12.1 Å². The van der Waals surface area contributed by atoms with Crippen molar-refractivity contribution >= 4 is 7.92 Å². The third-order valence-electron chi connectivity index (χ3n) is 1.26. The molecule has 0 N–H and O–H groups in total. The van der Waals surface area contributed by atoms with Gasteiger partial charge in [-0.3, -0.25) is 0 Å². The van der Waals surface area contributed by atoms with Gasteiger partial charge in [-0.25, -0.2) is 0 Å². The van der Waals surface area contributed by atoms with Gasteiger partial charge in [-0.05, 0) is 19.5 Å². The molecule has 1 aromatic rings. The molecule has 0 fully saturated rings. The molecular formula is C9H12P-. The van der Waals surface area contributed by atoms with E-state index in [2.05, 4.69) is 31.5 Å². The average molecular weight is 151 g/mol. The molecule has 0 atom stereocenters. The first-order valence-corrected chi connectivity index (χ1v) is 5.81. The fraction of sp³-hybridized carbons (Fsp3) is 0.333. The normalized spacial score (nSPS) is 10.3. The highest BCUT2D eigenvalue weighted by atomic mass is 31.1. The summed E-state index contributed by atoms with van der Waals surface area (Å²) in [6.45, 7) is 4.58. The van der Waals surface area contributed by atoms with Gasteiger partial charge < -0.3 is 0 Å². The Morgan fingerprint density at radius 3 is 2.70 bits per heavy atom. The number of hydrogen-bond donors (Lipinski definition) is 0. The Bertz CT molecular complexity index is 179. The molecule has 0 saturated carbocycles. The molecule has 0 aromatic heterocycles. The van der Waals surface area contributed by atoms with Gasteiger partial charge in [0, 0.05) is 0 Å². The maximum Gasteiger partial charge on any atom is -0.0307 e. The van der Waals surface area contributed by atoms with Crippen LogP contribution in [0.1, 0.15) is 5.56 Å². The Kier molecular flexibility index (Phi) is 2.89. The quantitative estimate of drug-likeness (QED) is 0.450. The largest absolute Gasteiger partial charge is 0.180 e. The lowest BCUT2D eigenvalue weighted by molar-refractivity contribution is 1.39. The summed E-state index contributed by atoms with van der Waals surface area (Å²) in [7, 11) is 0.192. The lowest BCUT2D eigenvalue weighted by Gasteiger charge is -2.08. The zero-order valence-corrected chi connectivity index (χ0v) is 7.36. The molecule has 0 radical (unpaired) electrons. The molecule has 1 rings (SSSR count). The molecule has 0 aliphatic rings. The highest BCUT2D eigenvalue weighted by Gasteiger charge is 1.88. The molecular weight excluding hydrogens is 139 g/mol. The fourth-order valence-electron chi connectivity index (χ4n) is 0.870. The maximum absolute atomic E-state index is 3.22. The highest BCUT2D eigenvalue weighted by molar-refractivity contribution is 7.55. The summed E-state index contributed by atoms with van der Waals surface area (Å²) in [6.07, 6.45) is 1.20. The Balaban J connectivity index is 2.59. The van der Waals surface area contributed by atoms with Gasteiger partial charge in [-0.2, -0.15) is 35.9 Å². The molecule has 0 heterocycles. The number of rotatable bonds is 2. The van der Waals surface area contributed by atoms with Crippen LogP contribution in [0.15, 0.2) is 24.3 Å². The van der Waals surface area contributed by atoms with Crippen LogP contribution in [0.4, 0.5) is 0 Å². The van der Waals surface area contributed by atoms with E-state index in [0.29, 0.717) is 0 Å². The van der Waals surface area contributed by atoms with E-state index >= 15 is 0 Å². The summed E-state index contributed by atoms with van der Waals surface area (Å²) in [4.78, 5) is 0. The molecule has 0 unspecified atom stereocenters. The molecule has 0 amide bonds. The Labute approximate surface area is 64.0 Å². The molecule has 10 heavy (non-hydrogen) atoms. The lowest BCUT2D eigenvalue weighted by Crippen LogP contribution is -1.79. The van der Waals surface area contributed by atoms with Gasteiger partial charge in [-0.15, -0.1) is 7.92 Å². The smallest absolute Gasteiger partial charge is 0.0307 e. The summed E-state index contributed by atoms with van der Waals surface area (Å²) in [5.74, 6) is 0. The molecule has 0 bridgehead atoms. The van der Waals surface area contributed by atoms with Crippen molar-refractivity contribution in [2.24, 2.45) is 0 Å². The van der Waals surface area contributed by atoms with Crippen molar-refractivity contribution in [3.05, 3.63) is 35.9 Å². The van der Waals surface area contributed by atoms with Crippen LogP contribution in [0.3, 0.4) is 0 Å². The first kappa shape index (κ1) is 7.75. The minimum atomic E-state index is 0.192. The summed E-state index contributed by atoms with van der Waals surface area (Å²) < 4.78 is 0. The van der Waals surface area contributed by atoms with Gasteiger partial charge in [0.05, 0.1) is 0 Å². The monoisotopic (exact) mass is 151 g/mol. The molecule has 1 aromatic carbocycles. The van der Waals surface area contributed by atoms with E-state index in [-0.39, 0.29) is 7.92 Å². The standard InChI is InChI=1S/C9H12P/c1-10(2)8-9-6-4-3-5-7-9/h3-6H,8H2,1-2H3/q-1. The van der Waals surface area contributed by atoms with Gasteiger partial charge in [0.15, 0.2) is 0 Å². The minimum absolute atomic E-state index is 0.192. The van der Waals surface area contributed by atoms with E-state index < -0.39 is 0 Å². The Hall–Kier alpha value is -0.350. The highest BCUT2D eigenvalue weighted by Crippen LogP contribution is 2.29. The maximum atomic E-state index is 3.22. The van der Waals surface area contributed by atoms with Crippen LogP contribution in [0.5, 0.6) is 0 Å². The predicted molar refractivity (Wildman–Crippen MR) is 47.8 cm³/mol. The topological polar surface area (TPSA) is 0 Å². The second-order valence-corrected chi connectivity index (χ2v) is 5.10. The molecule has 54 valence electrons. The first-order chi connectivity index (χ1) is 4.79. The fourth-order valence-corrected chi connectivity index (χ4v) is 1.75. The van der Waals surface area contributed by atoms with Crippen LogP contribution in [-0.4, -0.2) is 13.3 Å². The molecule has 0 saturated heterocycles. The van der Waals surface area contributed by atoms with Gasteiger partial charge in [0.25, 0.3) is 0 Å². The summed E-state index contributed by atoms with van der Waals surface area (Å²) in [6, 6.07) is 11.4. The van der Waals surface area contributed by atoms with Crippen molar-refractivity contribution in [2.45, 2.75) is 6.16 Å². The van der Waals surface area contributed by atoms with Crippen LogP contribution in [0.2, 0.25) is 0 Å². The Morgan fingerprint density at radius 1 is 1.40 bits per heavy atom. The van der Waals surface area contributed by atoms with E-state index in [0.717, 1.165) is 0 Å². The number of hydrogen-bond acceptors (Lipinski definition) is 0. The van der Waals surface area contributed by atoms with Crippen molar-refractivity contribution in [3.8, 4) is 0 Å². The summed E-state index contributed by atoms with van der Waals surface area (Å²) in [5, 5.41) is 0. The second kappa shape index (κ2) is 3.73. The molecule has 0 aliphatic carbocycles. The zero-order valence-electron chi connectivity index (χ0n) is 6.46. The van der Waals surface area contributed by atoms with E-state index in [1.54, 1.807) is 0 Å². The third kappa shape index (κ3) is 2.49. The van der Waals surface area contributed by atoms with Gasteiger partial charge in [-0.1, -0.05) is 0 Å². The van der Waals surface area contributed by atoms with Crippen LogP contribution in [0.25, 0.3) is 0 Å². The molecule has 1 heteroatoms. The van der Waals surface area contributed by atoms with E-state index in [4.69, 9.17) is 0 Å². The summed E-state index contributed by atoms with van der Waals surface area (Å²) >= 11 is 0. The lowest BCUT2D eigenvalue weighted by atomic mass is 10.2. The predicted octanol–water partition coefficient (Wildman–Crippen LogP) is 2.73. The van der Waals surface area contributed by atoms with Crippen LogP contribution >= 0.6 is 7.92 Å². The summed E-state index contributed by atoms with van der Waals surface area (Å²) in [5.41, 5.74) is 1.35.